The molecule has 0 fully saturated rings. The quantitative estimate of drug-likeness (QED) is 0.621. The number of carbonyl (C=O) groups is 1. The van der Waals surface area contributed by atoms with E-state index in [4.69, 9.17) is 4.74 Å². The summed E-state index contributed by atoms with van der Waals surface area (Å²) in [6.07, 6.45) is 4.11. The third-order valence-corrected chi connectivity index (χ3v) is 3.75. The summed E-state index contributed by atoms with van der Waals surface area (Å²) in [4.78, 5) is 11.8. The van der Waals surface area contributed by atoms with Gasteiger partial charge in [0.25, 0.3) is 0 Å². The Hall–Kier alpha value is -2.39. The minimum Gasteiger partial charge on any atom is -0.431 e. The van der Waals surface area contributed by atoms with E-state index in [1.807, 2.05) is 31.2 Å². The van der Waals surface area contributed by atoms with E-state index in [9.17, 15) is 9.90 Å². The third-order valence-electron chi connectivity index (χ3n) is 3.75. The Bertz CT molecular complexity index is 620. The first kappa shape index (κ1) is 17.0. The molecule has 0 aliphatic heterocycles. The summed E-state index contributed by atoms with van der Waals surface area (Å²) in [5, 5.41) is 10.2. The second-order valence-electron chi connectivity index (χ2n) is 5.55. The number of aryl methyl sites for hydroxylation is 1. The molecule has 120 valence electrons. The maximum absolute atomic E-state index is 11.8. The van der Waals surface area contributed by atoms with Gasteiger partial charge < -0.3 is 9.84 Å². The van der Waals surface area contributed by atoms with E-state index < -0.39 is 12.1 Å². The number of rotatable bonds is 7. The molecule has 0 radical (unpaired) electrons. The standard InChI is InChI=1S/C20H22O3/c1-16(19(21)13-12-17-8-4-2-5-9-17)14-15-23-20(22)18-10-6-3-7-11-18/h2-11,14-16,19,21H,12-13H2,1H3/b15-14-/t16-,19+/m0/s1. The van der Waals surface area contributed by atoms with Gasteiger partial charge in [-0.25, -0.2) is 4.79 Å². The van der Waals surface area contributed by atoms with Crippen molar-refractivity contribution >= 4 is 5.97 Å². The van der Waals surface area contributed by atoms with Crippen molar-refractivity contribution in [2.45, 2.75) is 25.9 Å². The van der Waals surface area contributed by atoms with E-state index in [1.54, 1.807) is 30.3 Å². The summed E-state index contributed by atoms with van der Waals surface area (Å²) in [6, 6.07) is 18.9. The van der Waals surface area contributed by atoms with Crippen LogP contribution in [-0.2, 0) is 11.2 Å². The van der Waals surface area contributed by atoms with Crippen molar-refractivity contribution in [3.05, 3.63) is 84.1 Å². The molecule has 0 heterocycles. The van der Waals surface area contributed by atoms with Crippen molar-refractivity contribution < 1.29 is 14.6 Å². The van der Waals surface area contributed by atoms with E-state index >= 15 is 0 Å². The molecule has 0 bridgehead atoms. The maximum atomic E-state index is 11.8. The number of hydrogen-bond donors (Lipinski definition) is 1. The molecule has 2 atom stereocenters. The van der Waals surface area contributed by atoms with Crippen LogP contribution in [0.15, 0.2) is 73.0 Å². The summed E-state index contributed by atoms with van der Waals surface area (Å²) in [5.41, 5.74) is 1.72. The number of esters is 1. The van der Waals surface area contributed by atoms with Crippen molar-refractivity contribution in [3.8, 4) is 0 Å². The van der Waals surface area contributed by atoms with Gasteiger partial charge in [0.05, 0.1) is 17.9 Å². The van der Waals surface area contributed by atoms with Gasteiger partial charge in [0.1, 0.15) is 0 Å². The van der Waals surface area contributed by atoms with Crippen LogP contribution in [0, 0.1) is 5.92 Å². The van der Waals surface area contributed by atoms with Gasteiger partial charge in [0, 0.05) is 5.92 Å². The molecule has 23 heavy (non-hydrogen) atoms. The summed E-state index contributed by atoms with van der Waals surface area (Å²) in [6.45, 7) is 1.91. The van der Waals surface area contributed by atoms with Gasteiger partial charge in [0.2, 0.25) is 0 Å². The van der Waals surface area contributed by atoms with Crippen molar-refractivity contribution in [1.82, 2.24) is 0 Å². The first-order valence-electron chi connectivity index (χ1n) is 7.81. The molecule has 2 aromatic rings. The molecule has 3 heteroatoms. The lowest BCUT2D eigenvalue weighted by Crippen LogP contribution is -2.16. The van der Waals surface area contributed by atoms with E-state index in [-0.39, 0.29) is 5.92 Å². The SMILES string of the molecule is C[C@@H](/C=C\OC(=O)c1ccccc1)[C@H](O)CCc1ccccc1. The van der Waals surface area contributed by atoms with Crippen LogP contribution in [0.25, 0.3) is 0 Å². The summed E-state index contributed by atoms with van der Waals surface area (Å²) in [7, 11) is 0. The van der Waals surface area contributed by atoms with E-state index in [0.29, 0.717) is 12.0 Å². The molecule has 2 aromatic carbocycles. The number of carbonyl (C=O) groups excluding carboxylic acids is 1. The summed E-state index contributed by atoms with van der Waals surface area (Å²) in [5.74, 6) is -0.477. The highest BCUT2D eigenvalue weighted by Crippen LogP contribution is 2.13. The van der Waals surface area contributed by atoms with Crippen molar-refractivity contribution in [3.63, 3.8) is 0 Å². The van der Waals surface area contributed by atoms with Crippen LogP contribution in [0.1, 0.15) is 29.3 Å². The Morgan fingerprint density at radius 2 is 1.70 bits per heavy atom. The number of aliphatic hydroxyl groups is 1. The van der Waals surface area contributed by atoms with Crippen LogP contribution >= 0.6 is 0 Å². The van der Waals surface area contributed by atoms with E-state index in [2.05, 4.69) is 12.1 Å². The number of ether oxygens (including phenoxy) is 1. The highest BCUT2D eigenvalue weighted by Gasteiger charge is 2.12. The average Bonchev–Trinajstić information content (AvgIpc) is 2.61. The minimum absolute atomic E-state index is 0.0812. The zero-order valence-electron chi connectivity index (χ0n) is 13.3. The minimum atomic E-state index is -0.470. The van der Waals surface area contributed by atoms with Gasteiger partial charge in [0.15, 0.2) is 0 Å². The van der Waals surface area contributed by atoms with Crippen LogP contribution in [0.5, 0.6) is 0 Å². The Balaban J connectivity index is 1.76. The van der Waals surface area contributed by atoms with E-state index in [1.165, 1.54) is 11.8 Å². The molecule has 0 spiro atoms. The number of hydrogen-bond acceptors (Lipinski definition) is 3. The van der Waals surface area contributed by atoms with Gasteiger partial charge in [-0.15, -0.1) is 0 Å². The molecule has 0 saturated carbocycles. The molecule has 0 aliphatic rings. The van der Waals surface area contributed by atoms with Crippen LogP contribution in [0.4, 0.5) is 0 Å². The van der Waals surface area contributed by atoms with Gasteiger partial charge in [-0.05, 0) is 36.6 Å². The first-order chi connectivity index (χ1) is 11.2. The normalized spacial score (nSPS) is 13.7. The molecule has 0 amide bonds. The molecule has 0 aromatic heterocycles. The molecule has 3 nitrogen and oxygen atoms in total. The number of aliphatic hydroxyl groups excluding tert-OH is 1. The Labute approximate surface area is 137 Å². The largest absolute Gasteiger partial charge is 0.431 e. The maximum Gasteiger partial charge on any atom is 0.342 e. The molecule has 0 saturated heterocycles. The summed E-state index contributed by atoms with van der Waals surface area (Å²) < 4.78 is 5.08. The van der Waals surface area contributed by atoms with Crippen LogP contribution in [-0.4, -0.2) is 17.2 Å². The third kappa shape index (κ3) is 5.72. The lowest BCUT2D eigenvalue weighted by atomic mass is 9.98. The zero-order chi connectivity index (χ0) is 16.5. The molecule has 0 unspecified atom stereocenters. The Morgan fingerprint density at radius 1 is 1.09 bits per heavy atom. The summed E-state index contributed by atoms with van der Waals surface area (Å²) >= 11 is 0. The van der Waals surface area contributed by atoms with Crippen molar-refractivity contribution in [1.29, 1.82) is 0 Å². The highest BCUT2D eigenvalue weighted by molar-refractivity contribution is 5.89. The fourth-order valence-electron chi connectivity index (χ4n) is 2.22. The fourth-order valence-corrected chi connectivity index (χ4v) is 2.22. The first-order valence-corrected chi connectivity index (χ1v) is 7.81. The van der Waals surface area contributed by atoms with Gasteiger partial charge in [-0.2, -0.15) is 0 Å². The smallest absolute Gasteiger partial charge is 0.342 e. The van der Waals surface area contributed by atoms with Crippen LogP contribution in [0.3, 0.4) is 0 Å². The molecule has 2 rings (SSSR count). The predicted molar refractivity (Wildman–Crippen MR) is 90.9 cm³/mol. The zero-order valence-corrected chi connectivity index (χ0v) is 13.3. The lowest BCUT2D eigenvalue weighted by molar-refractivity contribution is 0.0656. The molecular weight excluding hydrogens is 288 g/mol. The number of benzene rings is 2. The van der Waals surface area contributed by atoms with Crippen molar-refractivity contribution in [2.24, 2.45) is 5.92 Å². The van der Waals surface area contributed by atoms with Gasteiger partial charge >= 0.3 is 5.97 Å². The Kier molecular flexibility index (Phi) is 6.57. The van der Waals surface area contributed by atoms with Crippen LogP contribution in [0.2, 0.25) is 0 Å². The van der Waals surface area contributed by atoms with Gasteiger partial charge in [-0.3, -0.25) is 0 Å². The lowest BCUT2D eigenvalue weighted by Gasteiger charge is -2.15. The molecule has 1 N–H and O–H groups in total. The molecular formula is C20H22O3. The second-order valence-corrected chi connectivity index (χ2v) is 5.55. The molecule has 0 aliphatic carbocycles. The highest BCUT2D eigenvalue weighted by atomic mass is 16.5. The second kappa shape index (κ2) is 8.91. The topological polar surface area (TPSA) is 46.5 Å². The fraction of sp³-hybridized carbons (Fsp3) is 0.250. The van der Waals surface area contributed by atoms with Crippen LogP contribution < -0.4 is 0 Å². The van der Waals surface area contributed by atoms with Gasteiger partial charge in [-0.1, -0.05) is 55.5 Å². The average molecular weight is 310 g/mol. The Morgan fingerprint density at radius 3 is 2.35 bits per heavy atom. The van der Waals surface area contributed by atoms with E-state index in [0.717, 1.165) is 6.42 Å². The monoisotopic (exact) mass is 310 g/mol. The predicted octanol–water partition coefficient (Wildman–Crippen LogP) is 3.99. The van der Waals surface area contributed by atoms with Crippen molar-refractivity contribution in [2.75, 3.05) is 0 Å².